The van der Waals surface area contributed by atoms with Gasteiger partial charge in [0.2, 0.25) is 15.9 Å². The zero-order chi connectivity index (χ0) is 25.1. The molecule has 180 valence electrons. The van der Waals surface area contributed by atoms with Gasteiger partial charge in [0.15, 0.2) is 11.5 Å². The van der Waals surface area contributed by atoms with Gasteiger partial charge in [0, 0.05) is 18.0 Å². The molecule has 1 aromatic heterocycles. The Balaban J connectivity index is 2.02. The van der Waals surface area contributed by atoms with Gasteiger partial charge in [-0.25, -0.2) is 22.5 Å². The molecule has 13 heteroatoms. The second-order valence-corrected chi connectivity index (χ2v) is 8.55. The number of carbonyl (C=O) groups is 1. The van der Waals surface area contributed by atoms with E-state index in [0.717, 1.165) is 24.3 Å². The van der Waals surface area contributed by atoms with Crippen molar-refractivity contribution in [3.05, 3.63) is 71.7 Å². The third kappa shape index (κ3) is 5.61. The highest BCUT2D eigenvalue weighted by molar-refractivity contribution is 7.89. The number of ether oxygens (including phenoxy) is 2. The second-order valence-electron chi connectivity index (χ2n) is 6.66. The number of aromatic nitrogens is 1. The number of carbonyl (C=O) groups excluding carboxylic acids is 1. The average Bonchev–Trinajstić information content (AvgIpc) is 2.79. The molecule has 0 bridgehead atoms. The van der Waals surface area contributed by atoms with Crippen LogP contribution < -0.4 is 19.5 Å². The Hall–Kier alpha value is -3.71. The van der Waals surface area contributed by atoms with Crippen molar-refractivity contribution in [2.45, 2.75) is 11.1 Å². The molecule has 0 radical (unpaired) electrons. The molecule has 0 saturated carbocycles. The van der Waals surface area contributed by atoms with E-state index in [1.165, 1.54) is 32.4 Å². The minimum absolute atomic E-state index is 0.0101. The van der Waals surface area contributed by atoms with E-state index in [1.807, 2.05) is 0 Å². The Morgan fingerprint density at radius 3 is 2.44 bits per heavy atom. The predicted molar refractivity (Wildman–Crippen MR) is 113 cm³/mol. The molecule has 0 aliphatic rings. The number of methoxy groups -OCH3 is 1. The van der Waals surface area contributed by atoms with Gasteiger partial charge in [0.05, 0.1) is 17.6 Å². The lowest BCUT2D eigenvalue weighted by Crippen LogP contribution is -2.19. The molecule has 0 aliphatic carbocycles. The van der Waals surface area contributed by atoms with E-state index in [9.17, 15) is 30.8 Å². The monoisotopic (exact) mass is 499 g/mol. The van der Waals surface area contributed by atoms with Gasteiger partial charge in [-0.05, 0) is 43.4 Å². The van der Waals surface area contributed by atoms with Crippen molar-refractivity contribution in [3.63, 3.8) is 0 Å². The second kappa shape index (κ2) is 9.65. The molecule has 3 rings (SSSR count). The lowest BCUT2D eigenvalue weighted by Gasteiger charge is -2.15. The van der Waals surface area contributed by atoms with Crippen LogP contribution in [-0.4, -0.2) is 33.5 Å². The van der Waals surface area contributed by atoms with E-state index >= 15 is 0 Å². The minimum Gasteiger partial charge on any atom is -0.493 e. The van der Waals surface area contributed by atoms with Crippen LogP contribution >= 0.6 is 0 Å². The SMILES string of the molecule is CNS(=O)(=O)c1cccc(NC(=O)c2cc(C(F)(F)F)cnc2Oc2ccc(F)cc2OC)c1. The van der Waals surface area contributed by atoms with Gasteiger partial charge < -0.3 is 14.8 Å². The molecule has 0 atom stereocenters. The number of sulfonamides is 1. The summed E-state index contributed by atoms with van der Waals surface area (Å²) in [5.41, 5.74) is -1.84. The molecule has 1 amide bonds. The molecule has 8 nitrogen and oxygen atoms in total. The predicted octanol–water partition coefficient (Wildman–Crippen LogP) is 4.20. The Bertz CT molecular complexity index is 1330. The quantitative estimate of drug-likeness (QED) is 0.472. The first-order chi connectivity index (χ1) is 15.9. The molecule has 0 spiro atoms. The molecule has 0 unspecified atom stereocenters. The topological polar surface area (TPSA) is 107 Å². The van der Waals surface area contributed by atoms with Crippen LogP contribution in [-0.2, 0) is 16.2 Å². The number of amides is 1. The Labute approximate surface area is 191 Å². The van der Waals surface area contributed by atoms with Gasteiger partial charge in [0.1, 0.15) is 11.4 Å². The summed E-state index contributed by atoms with van der Waals surface area (Å²) in [4.78, 5) is 16.3. The number of nitrogens with one attached hydrogen (secondary N) is 2. The summed E-state index contributed by atoms with van der Waals surface area (Å²) in [6.45, 7) is 0. The highest BCUT2D eigenvalue weighted by atomic mass is 32.2. The maximum Gasteiger partial charge on any atom is 0.417 e. The Morgan fingerprint density at radius 1 is 1.06 bits per heavy atom. The van der Waals surface area contributed by atoms with Crippen LogP contribution in [0.2, 0.25) is 0 Å². The fourth-order valence-electron chi connectivity index (χ4n) is 2.74. The minimum atomic E-state index is -4.81. The molecule has 0 aliphatic heterocycles. The van der Waals surface area contributed by atoms with E-state index < -0.39 is 44.9 Å². The van der Waals surface area contributed by atoms with Crippen LogP contribution in [0.25, 0.3) is 0 Å². The lowest BCUT2D eigenvalue weighted by atomic mass is 10.1. The smallest absolute Gasteiger partial charge is 0.417 e. The molecule has 2 aromatic carbocycles. The third-order valence-electron chi connectivity index (χ3n) is 4.43. The molecule has 1 heterocycles. The van der Waals surface area contributed by atoms with Crippen LogP contribution in [0.5, 0.6) is 17.4 Å². The maximum absolute atomic E-state index is 13.5. The average molecular weight is 499 g/mol. The summed E-state index contributed by atoms with van der Waals surface area (Å²) in [6, 6.07) is 8.75. The fourth-order valence-corrected chi connectivity index (χ4v) is 3.51. The summed E-state index contributed by atoms with van der Waals surface area (Å²) >= 11 is 0. The number of benzene rings is 2. The fraction of sp³-hybridized carbons (Fsp3) is 0.143. The highest BCUT2D eigenvalue weighted by Gasteiger charge is 2.33. The van der Waals surface area contributed by atoms with Gasteiger partial charge in [-0.2, -0.15) is 13.2 Å². The van der Waals surface area contributed by atoms with Crippen molar-refractivity contribution in [1.29, 1.82) is 0 Å². The highest BCUT2D eigenvalue weighted by Crippen LogP contribution is 2.36. The number of nitrogens with zero attached hydrogens (tertiary/aromatic N) is 1. The molecule has 34 heavy (non-hydrogen) atoms. The number of halogens is 4. The third-order valence-corrected chi connectivity index (χ3v) is 5.84. The summed E-state index contributed by atoms with van der Waals surface area (Å²) in [6.07, 6.45) is -4.34. The number of rotatable bonds is 7. The van der Waals surface area contributed by atoms with E-state index in [0.29, 0.717) is 12.3 Å². The normalized spacial score (nSPS) is 11.7. The van der Waals surface area contributed by atoms with Crippen molar-refractivity contribution in [2.75, 3.05) is 19.5 Å². The summed E-state index contributed by atoms with van der Waals surface area (Å²) < 4.78 is 89.8. The number of anilines is 1. The van der Waals surface area contributed by atoms with Gasteiger partial charge in [-0.15, -0.1) is 0 Å². The van der Waals surface area contributed by atoms with E-state index in [-0.39, 0.29) is 22.1 Å². The van der Waals surface area contributed by atoms with Crippen molar-refractivity contribution in [1.82, 2.24) is 9.71 Å². The van der Waals surface area contributed by atoms with Crippen LogP contribution in [0, 0.1) is 5.82 Å². The Morgan fingerprint density at radius 2 is 1.79 bits per heavy atom. The number of hydrogen-bond donors (Lipinski definition) is 2. The first-order valence-corrected chi connectivity index (χ1v) is 10.9. The van der Waals surface area contributed by atoms with Crippen LogP contribution in [0.1, 0.15) is 15.9 Å². The standard InChI is InChI=1S/C21H17F4N3O5S/c1-26-34(30,31)15-5-3-4-14(10-15)28-19(29)16-8-12(21(23,24)25)11-27-20(16)33-17-7-6-13(22)9-18(17)32-2/h3-11,26H,1-2H3,(H,28,29). The Kier molecular flexibility index (Phi) is 7.07. The molecule has 0 fully saturated rings. The van der Waals surface area contributed by atoms with Gasteiger partial charge in [-0.3, -0.25) is 4.79 Å². The summed E-state index contributed by atoms with van der Waals surface area (Å²) in [7, 11) is -1.42. The molecular weight excluding hydrogens is 482 g/mol. The first kappa shape index (κ1) is 24.9. The number of hydrogen-bond acceptors (Lipinski definition) is 6. The van der Waals surface area contributed by atoms with Gasteiger partial charge in [-0.1, -0.05) is 6.07 Å². The lowest BCUT2D eigenvalue weighted by molar-refractivity contribution is -0.137. The molecule has 2 N–H and O–H groups in total. The van der Waals surface area contributed by atoms with Crippen molar-refractivity contribution in [3.8, 4) is 17.4 Å². The van der Waals surface area contributed by atoms with E-state index in [4.69, 9.17) is 9.47 Å². The van der Waals surface area contributed by atoms with Crippen molar-refractivity contribution < 1.29 is 40.2 Å². The van der Waals surface area contributed by atoms with Gasteiger partial charge in [0.25, 0.3) is 5.91 Å². The zero-order valence-corrected chi connectivity index (χ0v) is 18.4. The largest absolute Gasteiger partial charge is 0.493 e. The van der Waals surface area contributed by atoms with E-state index in [2.05, 4.69) is 15.0 Å². The van der Waals surface area contributed by atoms with Gasteiger partial charge >= 0.3 is 6.18 Å². The number of alkyl halides is 3. The molecule has 0 saturated heterocycles. The zero-order valence-electron chi connectivity index (χ0n) is 17.6. The van der Waals surface area contributed by atoms with Crippen molar-refractivity contribution in [2.24, 2.45) is 0 Å². The van der Waals surface area contributed by atoms with Crippen LogP contribution in [0.15, 0.2) is 59.6 Å². The first-order valence-electron chi connectivity index (χ1n) is 9.38. The van der Waals surface area contributed by atoms with Crippen LogP contribution in [0.3, 0.4) is 0 Å². The number of pyridine rings is 1. The van der Waals surface area contributed by atoms with Crippen molar-refractivity contribution >= 4 is 21.6 Å². The summed E-state index contributed by atoms with van der Waals surface area (Å²) in [5, 5.41) is 2.33. The summed E-state index contributed by atoms with van der Waals surface area (Å²) in [5.74, 6) is -2.42. The molecule has 3 aromatic rings. The molecular formula is C21H17F4N3O5S. The maximum atomic E-state index is 13.5. The van der Waals surface area contributed by atoms with E-state index in [1.54, 1.807) is 0 Å². The van der Waals surface area contributed by atoms with Crippen LogP contribution in [0.4, 0.5) is 23.2 Å².